The molecule has 0 fully saturated rings. The first-order chi connectivity index (χ1) is 9.77. The Morgan fingerprint density at radius 3 is 2.19 bits per heavy atom. The van der Waals surface area contributed by atoms with Crippen LogP contribution in [0.2, 0.25) is 0 Å². The van der Waals surface area contributed by atoms with Crippen LogP contribution in [0.3, 0.4) is 0 Å². The molecule has 2 aromatic rings. The minimum atomic E-state index is 0.195. The quantitative estimate of drug-likeness (QED) is 0.795. The molecule has 0 spiro atoms. The smallest absolute Gasteiger partial charge is 0.0601 e. The zero-order chi connectivity index (χ0) is 15.6. The fourth-order valence-electron chi connectivity index (χ4n) is 2.34. The van der Waals surface area contributed by atoms with E-state index in [9.17, 15) is 0 Å². The van der Waals surface area contributed by atoms with Crippen LogP contribution in [-0.2, 0) is 12.0 Å². The highest BCUT2D eigenvalue weighted by Gasteiger charge is 2.13. The van der Waals surface area contributed by atoms with Crippen molar-refractivity contribution in [3.63, 3.8) is 0 Å². The summed E-state index contributed by atoms with van der Waals surface area (Å²) in [5.41, 5.74) is 10.8. The van der Waals surface area contributed by atoms with Crippen LogP contribution in [-0.4, -0.2) is 7.05 Å². The van der Waals surface area contributed by atoms with E-state index in [0.29, 0.717) is 0 Å². The van der Waals surface area contributed by atoms with Gasteiger partial charge in [0.15, 0.2) is 0 Å². The number of rotatable bonds is 3. The van der Waals surface area contributed by atoms with Gasteiger partial charge in [-0.3, -0.25) is 0 Å². The number of hydrogen-bond donors (Lipinski definition) is 1. The molecule has 0 amide bonds. The molecular weight excluding hydrogens is 324 g/mol. The van der Waals surface area contributed by atoms with Gasteiger partial charge in [-0.15, -0.1) is 0 Å². The fourth-order valence-corrected chi connectivity index (χ4v) is 2.72. The van der Waals surface area contributed by atoms with Crippen LogP contribution in [0.4, 0.5) is 11.4 Å². The van der Waals surface area contributed by atoms with E-state index >= 15 is 0 Å². The van der Waals surface area contributed by atoms with E-state index < -0.39 is 0 Å². The standard InChI is InChI=1S/C18H23BrN2/c1-18(2,3)14-7-5-13(6-8-14)12-21(4)17-10-9-15(19)11-16(17)20/h5-11H,12,20H2,1-4H3. The molecule has 3 heteroatoms. The largest absolute Gasteiger partial charge is 0.397 e. The minimum Gasteiger partial charge on any atom is -0.397 e. The molecule has 0 saturated carbocycles. The lowest BCUT2D eigenvalue weighted by molar-refractivity contribution is 0.590. The molecule has 0 radical (unpaired) electrons. The number of anilines is 2. The van der Waals surface area contributed by atoms with Gasteiger partial charge in [0, 0.05) is 18.1 Å². The van der Waals surface area contributed by atoms with Crippen molar-refractivity contribution >= 4 is 27.3 Å². The van der Waals surface area contributed by atoms with Gasteiger partial charge in [0.1, 0.15) is 0 Å². The number of nitrogens with zero attached hydrogens (tertiary/aromatic N) is 1. The molecule has 21 heavy (non-hydrogen) atoms. The summed E-state index contributed by atoms with van der Waals surface area (Å²) in [6.45, 7) is 7.54. The summed E-state index contributed by atoms with van der Waals surface area (Å²) < 4.78 is 1.01. The van der Waals surface area contributed by atoms with Gasteiger partial charge in [-0.2, -0.15) is 0 Å². The van der Waals surface area contributed by atoms with Gasteiger partial charge >= 0.3 is 0 Å². The van der Waals surface area contributed by atoms with Crippen LogP contribution in [0.5, 0.6) is 0 Å². The first-order valence-corrected chi connectivity index (χ1v) is 7.92. The number of nitrogens with two attached hydrogens (primary N) is 1. The van der Waals surface area contributed by atoms with Crippen molar-refractivity contribution in [2.24, 2.45) is 0 Å². The molecule has 0 unspecified atom stereocenters. The number of nitrogen functional groups attached to an aromatic ring is 1. The second-order valence-electron chi connectivity index (χ2n) is 6.51. The summed E-state index contributed by atoms with van der Waals surface area (Å²) in [7, 11) is 2.07. The van der Waals surface area contributed by atoms with Crippen LogP contribution >= 0.6 is 15.9 Å². The lowest BCUT2D eigenvalue weighted by atomic mass is 9.87. The lowest BCUT2D eigenvalue weighted by Crippen LogP contribution is -2.18. The molecular formula is C18H23BrN2. The Hall–Kier alpha value is -1.48. The Balaban J connectivity index is 2.14. The van der Waals surface area contributed by atoms with Crippen molar-refractivity contribution in [1.29, 1.82) is 0 Å². The lowest BCUT2D eigenvalue weighted by Gasteiger charge is -2.23. The molecule has 0 saturated heterocycles. The van der Waals surface area contributed by atoms with Gasteiger partial charge in [0.25, 0.3) is 0 Å². The Bertz CT molecular complexity index is 612. The first kappa shape index (κ1) is 15.9. The normalized spacial score (nSPS) is 11.5. The van der Waals surface area contributed by atoms with E-state index in [2.05, 4.69) is 72.9 Å². The maximum atomic E-state index is 6.09. The third-order valence-electron chi connectivity index (χ3n) is 3.64. The molecule has 2 aromatic carbocycles. The monoisotopic (exact) mass is 346 g/mol. The molecule has 2 N–H and O–H groups in total. The second-order valence-corrected chi connectivity index (χ2v) is 7.42. The molecule has 2 rings (SSSR count). The number of benzene rings is 2. The van der Waals surface area contributed by atoms with Crippen LogP contribution in [0.1, 0.15) is 31.9 Å². The highest BCUT2D eigenvalue weighted by molar-refractivity contribution is 9.10. The van der Waals surface area contributed by atoms with Crippen molar-refractivity contribution in [3.05, 3.63) is 58.1 Å². The molecule has 0 atom stereocenters. The van der Waals surface area contributed by atoms with Gasteiger partial charge < -0.3 is 10.6 Å². The van der Waals surface area contributed by atoms with Crippen LogP contribution in [0.15, 0.2) is 46.9 Å². The minimum absolute atomic E-state index is 0.195. The molecule has 0 aliphatic carbocycles. The van der Waals surface area contributed by atoms with Crippen molar-refractivity contribution < 1.29 is 0 Å². The van der Waals surface area contributed by atoms with Gasteiger partial charge in [0.2, 0.25) is 0 Å². The first-order valence-electron chi connectivity index (χ1n) is 7.13. The maximum Gasteiger partial charge on any atom is 0.0601 e. The van der Waals surface area contributed by atoms with Crippen molar-refractivity contribution in [3.8, 4) is 0 Å². The Morgan fingerprint density at radius 1 is 1.05 bits per heavy atom. The molecule has 0 aromatic heterocycles. The van der Waals surface area contributed by atoms with E-state index in [0.717, 1.165) is 22.4 Å². The summed E-state index contributed by atoms with van der Waals surface area (Å²) in [5.74, 6) is 0. The Kier molecular flexibility index (Phi) is 4.62. The maximum absolute atomic E-state index is 6.09. The SMILES string of the molecule is CN(Cc1ccc(C(C)(C)C)cc1)c1ccc(Br)cc1N. The average Bonchev–Trinajstić information content (AvgIpc) is 2.38. The molecule has 112 valence electrons. The van der Waals surface area contributed by atoms with Crippen LogP contribution in [0.25, 0.3) is 0 Å². The van der Waals surface area contributed by atoms with Crippen molar-refractivity contribution in [1.82, 2.24) is 0 Å². The highest BCUT2D eigenvalue weighted by Crippen LogP contribution is 2.27. The summed E-state index contributed by atoms with van der Waals surface area (Å²) in [4.78, 5) is 2.17. The molecule has 0 aliphatic heterocycles. The third kappa shape index (κ3) is 4.01. The molecule has 0 heterocycles. The summed E-state index contributed by atoms with van der Waals surface area (Å²) in [6, 6.07) is 14.8. The second kappa shape index (κ2) is 6.10. The predicted octanol–water partition coefficient (Wildman–Crippen LogP) is 4.97. The van der Waals surface area contributed by atoms with E-state index in [1.54, 1.807) is 0 Å². The van der Waals surface area contributed by atoms with Crippen LogP contribution < -0.4 is 10.6 Å². The van der Waals surface area contributed by atoms with Gasteiger partial charge in [-0.25, -0.2) is 0 Å². The van der Waals surface area contributed by atoms with Gasteiger partial charge in [0.05, 0.1) is 11.4 Å². The predicted molar refractivity (Wildman–Crippen MR) is 95.8 cm³/mol. The Labute approximate surface area is 136 Å². The third-order valence-corrected chi connectivity index (χ3v) is 4.13. The van der Waals surface area contributed by atoms with E-state index in [4.69, 9.17) is 5.73 Å². The van der Waals surface area contributed by atoms with Crippen LogP contribution in [0, 0.1) is 0 Å². The number of hydrogen-bond acceptors (Lipinski definition) is 2. The topological polar surface area (TPSA) is 29.3 Å². The summed E-state index contributed by atoms with van der Waals surface area (Å²) >= 11 is 3.44. The van der Waals surface area contributed by atoms with Crippen molar-refractivity contribution in [2.75, 3.05) is 17.7 Å². The zero-order valence-corrected chi connectivity index (χ0v) is 14.7. The molecule has 0 aliphatic rings. The summed E-state index contributed by atoms with van der Waals surface area (Å²) in [6.07, 6.45) is 0. The average molecular weight is 347 g/mol. The fraction of sp³-hybridized carbons (Fsp3) is 0.333. The highest BCUT2D eigenvalue weighted by atomic mass is 79.9. The van der Waals surface area contributed by atoms with Gasteiger partial charge in [-0.1, -0.05) is 61.0 Å². The number of halogens is 1. The van der Waals surface area contributed by atoms with Crippen molar-refractivity contribution in [2.45, 2.75) is 32.7 Å². The molecule has 0 bridgehead atoms. The van der Waals surface area contributed by atoms with E-state index in [1.165, 1.54) is 11.1 Å². The van der Waals surface area contributed by atoms with E-state index in [1.807, 2.05) is 18.2 Å². The summed E-state index contributed by atoms with van der Waals surface area (Å²) in [5, 5.41) is 0. The zero-order valence-electron chi connectivity index (χ0n) is 13.2. The van der Waals surface area contributed by atoms with E-state index in [-0.39, 0.29) is 5.41 Å². The van der Waals surface area contributed by atoms with Gasteiger partial charge in [-0.05, 0) is 34.7 Å². The molecule has 2 nitrogen and oxygen atoms in total. The Morgan fingerprint density at radius 2 is 1.67 bits per heavy atom.